The molecule has 0 radical (unpaired) electrons. The number of rotatable bonds is 5. The van der Waals surface area contributed by atoms with E-state index in [1.54, 1.807) is 19.1 Å². The minimum atomic E-state index is -0.355. The highest BCUT2D eigenvalue weighted by atomic mass is 32.2. The summed E-state index contributed by atoms with van der Waals surface area (Å²) in [5, 5.41) is -0.306. The number of nitrogens with two attached hydrogens (primary N) is 2. The molecule has 4 N–H and O–H groups in total. The van der Waals surface area contributed by atoms with Gasteiger partial charge in [0.1, 0.15) is 5.75 Å². The average Bonchev–Trinajstić information content (AvgIpc) is 2.23. The molecule has 0 fully saturated rings. The second-order valence-corrected chi connectivity index (χ2v) is 4.68. The van der Waals surface area contributed by atoms with E-state index in [9.17, 15) is 4.79 Å². The number of nitrogen functional groups attached to an aromatic ring is 1. The molecule has 1 aromatic carbocycles. The van der Waals surface area contributed by atoms with Crippen molar-refractivity contribution in [3.8, 4) is 5.75 Å². The van der Waals surface area contributed by atoms with Crippen molar-refractivity contribution in [2.24, 2.45) is 5.73 Å². The molecule has 16 heavy (non-hydrogen) atoms. The minimum Gasteiger partial charge on any atom is -0.494 e. The van der Waals surface area contributed by atoms with E-state index in [4.69, 9.17) is 16.2 Å². The zero-order chi connectivity index (χ0) is 12.1. The third kappa shape index (κ3) is 3.34. The fourth-order valence-corrected chi connectivity index (χ4v) is 2.01. The van der Waals surface area contributed by atoms with Gasteiger partial charge in [0.2, 0.25) is 5.91 Å². The number of anilines is 1. The molecule has 4 nitrogen and oxygen atoms in total. The van der Waals surface area contributed by atoms with E-state index in [2.05, 4.69) is 0 Å². The molecule has 0 aliphatic rings. The fourth-order valence-electron chi connectivity index (χ4n) is 1.12. The van der Waals surface area contributed by atoms with Crippen LogP contribution in [0.15, 0.2) is 23.1 Å². The Labute approximate surface area is 99.3 Å². The lowest BCUT2D eigenvalue weighted by molar-refractivity contribution is -0.117. The Bertz CT molecular complexity index is 382. The molecule has 0 saturated carbocycles. The van der Waals surface area contributed by atoms with Crippen molar-refractivity contribution in [3.63, 3.8) is 0 Å². The Kier molecular flexibility index (Phi) is 4.49. The summed E-state index contributed by atoms with van der Waals surface area (Å²) in [4.78, 5) is 11.8. The fraction of sp³-hybridized carbons (Fsp3) is 0.364. The Morgan fingerprint density at radius 1 is 1.56 bits per heavy atom. The van der Waals surface area contributed by atoms with Crippen molar-refractivity contribution < 1.29 is 9.53 Å². The zero-order valence-electron chi connectivity index (χ0n) is 9.40. The van der Waals surface area contributed by atoms with Gasteiger partial charge in [-0.2, -0.15) is 0 Å². The number of ether oxygens (including phenoxy) is 1. The molecule has 88 valence electrons. The van der Waals surface area contributed by atoms with Gasteiger partial charge in [-0.25, -0.2) is 0 Å². The second-order valence-electron chi connectivity index (χ2n) is 3.30. The quantitative estimate of drug-likeness (QED) is 0.605. The zero-order valence-corrected chi connectivity index (χ0v) is 10.2. The van der Waals surface area contributed by atoms with Crippen LogP contribution in [0.2, 0.25) is 0 Å². The van der Waals surface area contributed by atoms with Crippen LogP contribution in [0.3, 0.4) is 0 Å². The number of benzene rings is 1. The van der Waals surface area contributed by atoms with Gasteiger partial charge in [0, 0.05) is 10.6 Å². The van der Waals surface area contributed by atoms with E-state index in [0.717, 1.165) is 10.6 Å². The van der Waals surface area contributed by atoms with Gasteiger partial charge >= 0.3 is 0 Å². The summed E-state index contributed by atoms with van der Waals surface area (Å²) >= 11 is 1.34. The van der Waals surface area contributed by atoms with Crippen LogP contribution in [-0.2, 0) is 4.79 Å². The number of hydrogen-bond acceptors (Lipinski definition) is 4. The summed E-state index contributed by atoms with van der Waals surface area (Å²) in [5.41, 5.74) is 11.6. The first-order valence-electron chi connectivity index (χ1n) is 5.03. The van der Waals surface area contributed by atoms with Gasteiger partial charge in [0.25, 0.3) is 0 Å². The number of primary amides is 1. The first kappa shape index (κ1) is 12.7. The van der Waals surface area contributed by atoms with Crippen molar-refractivity contribution in [2.75, 3.05) is 12.3 Å². The lowest BCUT2D eigenvalue weighted by Gasteiger charge is -2.11. The largest absolute Gasteiger partial charge is 0.494 e. The molecule has 1 amide bonds. The van der Waals surface area contributed by atoms with Gasteiger partial charge in [-0.3, -0.25) is 4.79 Å². The van der Waals surface area contributed by atoms with Crippen LogP contribution in [0.4, 0.5) is 5.69 Å². The van der Waals surface area contributed by atoms with Gasteiger partial charge in [0.05, 0.1) is 11.9 Å². The standard InChI is InChI=1S/C11H16N2O2S/c1-3-15-8-4-5-9(12)10(6-8)16-7(2)11(13)14/h4-7H,3,12H2,1-2H3,(H2,13,14). The predicted molar refractivity (Wildman–Crippen MR) is 66.5 cm³/mol. The second kappa shape index (κ2) is 5.65. The summed E-state index contributed by atoms with van der Waals surface area (Å²) < 4.78 is 5.36. The van der Waals surface area contributed by atoms with E-state index in [0.29, 0.717) is 12.3 Å². The number of carbonyl (C=O) groups is 1. The smallest absolute Gasteiger partial charge is 0.230 e. The Morgan fingerprint density at radius 2 is 2.25 bits per heavy atom. The molecule has 1 aromatic rings. The summed E-state index contributed by atoms with van der Waals surface area (Å²) in [5.74, 6) is 0.391. The van der Waals surface area contributed by atoms with Gasteiger partial charge in [-0.1, -0.05) is 0 Å². The first-order chi connectivity index (χ1) is 7.54. The SMILES string of the molecule is CCOc1ccc(N)c(SC(C)C(N)=O)c1. The molecular formula is C11H16N2O2S. The lowest BCUT2D eigenvalue weighted by atomic mass is 10.3. The highest BCUT2D eigenvalue weighted by molar-refractivity contribution is 8.00. The molecule has 1 atom stereocenters. The summed E-state index contributed by atoms with van der Waals surface area (Å²) in [6, 6.07) is 5.39. The normalized spacial score (nSPS) is 12.1. The van der Waals surface area contributed by atoms with Gasteiger partial charge in [-0.15, -0.1) is 11.8 Å². The van der Waals surface area contributed by atoms with Crippen molar-refractivity contribution in [1.29, 1.82) is 0 Å². The molecule has 0 aliphatic carbocycles. The Morgan fingerprint density at radius 3 is 2.81 bits per heavy atom. The van der Waals surface area contributed by atoms with Crippen LogP contribution in [-0.4, -0.2) is 17.8 Å². The predicted octanol–water partition coefficient (Wildman–Crippen LogP) is 1.63. The highest BCUT2D eigenvalue weighted by Gasteiger charge is 2.12. The van der Waals surface area contributed by atoms with Crippen LogP contribution < -0.4 is 16.2 Å². The molecule has 0 aliphatic heterocycles. The molecule has 1 unspecified atom stereocenters. The summed E-state index contributed by atoms with van der Waals surface area (Å²) in [6.45, 7) is 4.26. The van der Waals surface area contributed by atoms with Gasteiger partial charge in [0.15, 0.2) is 0 Å². The molecule has 0 bridgehead atoms. The Hall–Kier alpha value is -1.36. The van der Waals surface area contributed by atoms with E-state index in [1.165, 1.54) is 11.8 Å². The van der Waals surface area contributed by atoms with Crippen LogP contribution in [0.1, 0.15) is 13.8 Å². The lowest BCUT2D eigenvalue weighted by Crippen LogP contribution is -2.22. The van der Waals surface area contributed by atoms with Gasteiger partial charge in [-0.05, 0) is 32.0 Å². The number of carbonyl (C=O) groups excluding carboxylic acids is 1. The van der Waals surface area contributed by atoms with E-state index < -0.39 is 0 Å². The maximum atomic E-state index is 11.0. The van der Waals surface area contributed by atoms with E-state index in [1.807, 2.05) is 13.0 Å². The first-order valence-corrected chi connectivity index (χ1v) is 5.90. The maximum absolute atomic E-state index is 11.0. The molecule has 0 saturated heterocycles. The maximum Gasteiger partial charge on any atom is 0.230 e. The van der Waals surface area contributed by atoms with Gasteiger partial charge < -0.3 is 16.2 Å². The third-order valence-electron chi connectivity index (χ3n) is 2.00. The topological polar surface area (TPSA) is 78.3 Å². The molecule has 1 rings (SSSR count). The van der Waals surface area contributed by atoms with Crippen LogP contribution in [0.5, 0.6) is 5.75 Å². The van der Waals surface area contributed by atoms with Crippen LogP contribution in [0.25, 0.3) is 0 Å². The van der Waals surface area contributed by atoms with E-state index in [-0.39, 0.29) is 11.2 Å². The average molecular weight is 240 g/mol. The highest BCUT2D eigenvalue weighted by Crippen LogP contribution is 2.31. The monoisotopic (exact) mass is 240 g/mol. The number of hydrogen-bond donors (Lipinski definition) is 2. The summed E-state index contributed by atoms with van der Waals surface area (Å²) in [7, 11) is 0. The minimum absolute atomic E-state index is 0.306. The molecular weight excluding hydrogens is 224 g/mol. The summed E-state index contributed by atoms with van der Waals surface area (Å²) in [6.07, 6.45) is 0. The van der Waals surface area contributed by atoms with Crippen molar-refractivity contribution in [1.82, 2.24) is 0 Å². The molecule has 0 spiro atoms. The van der Waals surface area contributed by atoms with Crippen LogP contribution >= 0.6 is 11.8 Å². The third-order valence-corrected chi connectivity index (χ3v) is 3.19. The van der Waals surface area contributed by atoms with E-state index >= 15 is 0 Å². The van der Waals surface area contributed by atoms with Crippen molar-refractivity contribution in [2.45, 2.75) is 24.0 Å². The van der Waals surface area contributed by atoms with Crippen molar-refractivity contribution >= 4 is 23.4 Å². The number of thioether (sulfide) groups is 1. The Balaban J connectivity index is 2.85. The van der Waals surface area contributed by atoms with Crippen molar-refractivity contribution in [3.05, 3.63) is 18.2 Å². The molecule has 5 heteroatoms. The molecule has 0 heterocycles. The van der Waals surface area contributed by atoms with Crippen LogP contribution in [0, 0.1) is 0 Å². The number of amides is 1. The molecule has 0 aromatic heterocycles.